The predicted octanol–water partition coefficient (Wildman–Crippen LogP) is 3.68. The molecule has 1 atom stereocenters. The van der Waals surface area contributed by atoms with Crippen LogP contribution in [0.25, 0.3) is 0 Å². The molecule has 0 aliphatic heterocycles. The van der Waals surface area contributed by atoms with Gasteiger partial charge in [-0.05, 0) is 43.7 Å². The molecule has 0 bridgehead atoms. The van der Waals surface area contributed by atoms with Gasteiger partial charge in [-0.2, -0.15) is 0 Å². The minimum absolute atomic E-state index is 0.0688. The van der Waals surface area contributed by atoms with Gasteiger partial charge in [-0.3, -0.25) is 9.59 Å². The number of amides is 2. The van der Waals surface area contributed by atoms with Crippen molar-refractivity contribution < 1.29 is 23.1 Å². The van der Waals surface area contributed by atoms with E-state index in [0.717, 1.165) is 12.8 Å². The Morgan fingerprint density at radius 2 is 1.79 bits per heavy atom. The molecule has 2 aromatic rings. The van der Waals surface area contributed by atoms with Gasteiger partial charge in [0.05, 0.1) is 0 Å². The SMILES string of the molecule is CCCCNC(=O)[C@@H](C)N(Cc1ccccc1F)C(=O)COc1ccc(F)cc1. The topological polar surface area (TPSA) is 58.6 Å². The third-order valence-electron chi connectivity index (χ3n) is 4.47. The van der Waals surface area contributed by atoms with Crippen LogP contribution in [0.15, 0.2) is 48.5 Å². The van der Waals surface area contributed by atoms with Crippen LogP contribution < -0.4 is 10.1 Å². The second-order valence-electron chi connectivity index (χ2n) is 6.68. The molecule has 0 saturated heterocycles. The molecule has 1 N–H and O–H groups in total. The van der Waals surface area contributed by atoms with Crippen LogP contribution >= 0.6 is 0 Å². The first-order chi connectivity index (χ1) is 13.9. The summed E-state index contributed by atoms with van der Waals surface area (Å²) in [7, 11) is 0. The molecule has 2 amide bonds. The van der Waals surface area contributed by atoms with Gasteiger partial charge in [-0.15, -0.1) is 0 Å². The third kappa shape index (κ3) is 6.85. The molecule has 2 rings (SSSR count). The van der Waals surface area contributed by atoms with Gasteiger partial charge in [0, 0.05) is 18.7 Å². The van der Waals surface area contributed by atoms with Crippen molar-refractivity contribution in [2.75, 3.05) is 13.2 Å². The maximum Gasteiger partial charge on any atom is 0.261 e. The quantitative estimate of drug-likeness (QED) is 0.615. The van der Waals surface area contributed by atoms with E-state index in [2.05, 4.69) is 5.32 Å². The minimum atomic E-state index is -0.809. The van der Waals surface area contributed by atoms with Gasteiger partial charge < -0.3 is 15.0 Å². The van der Waals surface area contributed by atoms with Crippen LogP contribution in [-0.4, -0.2) is 35.9 Å². The summed E-state index contributed by atoms with van der Waals surface area (Å²) in [5, 5.41) is 2.79. The largest absolute Gasteiger partial charge is 0.484 e. The van der Waals surface area contributed by atoms with E-state index < -0.39 is 23.6 Å². The summed E-state index contributed by atoms with van der Waals surface area (Å²) in [6.07, 6.45) is 1.76. The van der Waals surface area contributed by atoms with Crippen LogP contribution in [0.3, 0.4) is 0 Å². The van der Waals surface area contributed by atoms with E-state index in [1.165, 1.54) is 35.2 Å². The number of unbranched alkanes of at least 4 members (excludes halogenated alkanes) is 1. The van der Waals surface area contributed by atoms with Crippen molar-refractivity contribution in [3.05, 3.63) is 65.7 Å². The van der Waals surface area contributed by atoms with Crippen molar-refractivity contribution in [2.45, 2.75) is 39.3 Å². The van der Waals surface area contributed by atoms with Crippen molar-refractivity contribution in [3.63, 3.8) is 0 Å². The smallest absolute Gasteiger partial charge is 0.261 e. The van der Waals surface area contributed by atoms with E-state index in [1.54, 1.807) is 25.1 Å². The lowest BCUT2D eigenvalue weighted by atomic mass is 10.1. The summed E-state index contributed by atoms with van der Waals surface area (Å²) in [6.45, 7) is 3.69. The first kappa shape index (κ1) is 22.3. The van der Waals surface area contributed by atoms with E-state index >= 15 is 0 Å². The third-order valence-corrected chi connectivity index (χ3v) is 4.47. The number of rotatable bonds is 10. The van der Waals surface area contributed by atoms with Gasteiger partial charge in [0.25, 0.3) is 5.91 Å². The molecule has 0 aromatic heterocycles. The Balaban J connectivity index is 2.11. The average molecular weight is 404 g/mol. The fourth-order valence-electron chi connectivity index (χ4n) is 2.69. The number of halogens is 2. The number of carbonyl (C=O) groups is 2. The summed E-state index contributed by atoms with van der Waals surface area (Å²) in [4.78, 5) is 26.5. The molecule has 0 saturated carbocycles. The molecule has 0 radical (unpaired) electrons. The summed E-state index contributed by atoms with van der Waals surface area (Å²) in [5.74, 6) is -1.34. The summed E-state index contributed by atoms with van der Waals surface area (Å²) in [6, 6.07) is 10.6. The van der Waals surface area contributed by atoms with Crippen molar-refractivity contribution in [1.29, 1.82) is 0 Å². The Bertz CT molecular complexity index is 812. The molecule has 156 valence electrons. The highest BCUT2D eigenvalue weighted by Gasteiger charge is 2.27. The lowest BCUT2D eigenvalue weighted by Crippen LogP contribution is -2.49. The van der Waals surface area contributed by atoms with E-state index in [1.807, 2.05) is 6.92 Å². The lowest BCUT2D eigenvalue weighted by molar-refractivity contribution is -0.142. The zero-order chi connectivity index (χ0) is 21.2. The Morgan fingerprint density at radius 1 is 1.10 bits per heavy atom. The van der Waals surface area contributed by atoms with Crippen molar-refractivity contribution in [3.8, 4) is 5.75 Å². The van der Waals surface area contributed by atoms with Gasteiger partial charge in [0.15, 0.2) is 6.61 Å². The van der Waals surface area contributed by atoms with Crippen molar-refractivity contribution >= 4 is 11.8 Å². The molecule has 0 spiro atoms. The van der Waals surface area contributed by atoms with Gasteiger partial charge in [0.2, 0.25) is 5.91 Å². The summed E-state index contributed by atoms with van der Waals surface area (Å²) in [5.41, 5.74) is 0.302. The molecule has 0 heterocycles. The van der Waals surface area contributed by atoms with E-state index in [9.17, 15) is 18.4 Å². The Kier molecular flexibility index (Phi) is 8.58. The van der Waals surface area contributed by atoms with E-state index in [0.29, 0.717) is 17.9 Å². The zero-order valence-corrected chi connectivity index (χ0v) is 16.7. The fraction of sp³-hybridized carbons (Fsp3) is 0.364. The highest BCUT2D eigenvalue weighted by atomic mass is 19.1. The first-order valence-electron chi connectivity index (χ1n) is 9.61. The summed E-state index contributed by atoms with van der Waals surface area (Å²) < 4.78 is 32.5. The molecule has 2 aromatic carbocycles. The minimum Gasteiger partial charge on any atom is -0.484 e. The van der Waals surface area contributed by atoms with Gasteiger partial charge in [-0.25, -0.2) is 8.78 Å². The highest BCUT2D eigenvalue weighted by molar-refractivity contribution is 5.87. The van der Waals surface area contributed by atoms with E-state index in [4.69, 9.17) is 4.74 Å². The lowest BCUT2D eigenvalue weighted by Gasteiger charge is -2.29. The normalized spacial score (nSPS) is 11.6. The molecule has 0 fully saturated rings. The fourth-order valence-corrected chi connectivity index (χ4v) is 2.69. The van der Waals surface area contributed by atoms with Crippen molar-refractivity contribution in [1.82, 2.24) is 10.2 Å². The number of hydrogen-bond acceptors (Lipinski definition) is 3. The molecule has 0 unspecified atom stereocenters. The molecule has 5 nitrogen and oxygen atoms in total. The monoisotopic (exact) mass is 404 g/mol. The average Bonchev–Trinajstić information content (AvgIpc) is 2.72. The van der Waals surface area contributed by atoms with Crippen LogP contribution in [0.1, 0.15) is 32.3 Å². The van der Waals surface area contributed by atoms with Gasteiger partial charge >= 0.3 is 0 Å². The number of ether oxygens (including phenoxy) is 1. The number of benzene rings is 2. The van der Waals surface area contributed by atoms with E-state index in [-0.39, 0.29) is 19.1 Å². The van der Waals surface area contributed by atoms with Crippen LogP contribution in [0.2, 0.25) is 0 Å². The molecule has 0 aliphatic rings. The summed E-state index contributed by atoms with van der Waals surface area (Å²) >= 11 is 0. The van der Waals surface area contributed by atoms with Crippen LogP contribution in [0.4, 0.5) is 8.78 Å². The van der Waals surface area contributed by atoms with Gasteiger partial charge in [0.1, 0.15) is 23.4 Å². The Morgan fingerprint density at radius 3 is 2.45 bits per heavy atom. The maximum atomic E-state index is 14.1. The standard InChI is InChI=1S/C22H26F2N2O3/c1-3-4-13-25-22(28)16(2)26(14-17-7-5-6-8-20(17)24)21(27)15-29-19-11-9-18(23)10-12-19/h5-12,16H,3-4,13-15H2,1-2H3,(H,25,28)/t16-/m1/s1. The highest BCUT2D eigenvalue weighted by Crippen LogP contribution is 2.15. The zero-order valence-electron chi connectivity index (χ0n) is 16.7. The Hall–Kier alpha value is -2.96. The molecular weight excluding hydrogens is 378 g/mol. The second kappa shape index (κ2) is 11.1. The molecule has 29 heavy (non-hydrogen) atoms. The number of nitrogens with zero attached hydrogens (tertiary/aromatic N) is 1. The van der Waals surface area contributed by atoms with Crippen LogP contribution in [-0.2, 0) is 16.1 Å². The number of nitrogens with one attached hydrogen (secondary N) is 1. The molecule has 0 aliphatic carbocycles. The van der Waals surface area contributed by atoms with Crippen LogP contribution in [0, 0.1) is 11.6 Å². The number of carbonyl (C=O) groups excluding carboxylic acids is 2. The Labute approximate surface area is 169 Å². The predicted molar refractivity (Wildman–Crippen MR) is 106 cm³/mol. The molecular formula is C22H26F2N2O3. The first-order valence-corrected chi connectivity index (χ1v) is 9.61. The number of hydrogen-bond donors (Lipinski definition) is 1. The maximum absolute atomic E-state index is 14.1. The molecule has 7 heteroatoms. The van der Waals surface area contributed by atoms with Gasteiger partial charge in [-0.1, -0.05) is 31.5 Å². The van der Waals surface area contributed by atoms with Crippen molar-refractivity contribution in [2.24, 2.45) is 0 Å². The second-order valence-corrected chi connectivity index (χ2v) is 6.68. The van der Waals surface area contributed by atoms with Crippen LogP contribution in [0.5, 0.6) is 5.75 Å².